The molecule has 2 aliphatic heterocycles. The minimum Gasteiger partial charge on any atom is -0.383 e. The maximum Gasteiger partial charge on any atom is 0.222 e. The van der Waals surface area contributed by atoms with Crippen LogP contribution in [0.5, 0.6) is 0 Å². The van der Waals surface area contributed by atoms with Crippen LogP contribution in [0, 0.1) is 5.92 Å². The molecule has 0 saturated carbocycles. The van der Waals surface area contributed by atoms with E-state index in [2.05, 4.69) is 21.4 Å². The van der Waals surface area contributed by atoms with E-state index in [-0.39, 0.29) is 11.9 Å². The van der Waals surface area contributed by atoms with Crippen LogP contribution in [0.15, 0.2) is 12.3 Å². The van der Waals surface area contributed by atoms with Gasteiger partial charge >= 0.3 is 0 Å². The van der Waals surface area contributed by atoms with Crippen LogP contribution in [0.4, 0.5) is 0 Å². The van der Waals surface area contributed by atoms with E-state index in [1.165, 1.54) is 5.69 Å². The van der Waals surface area contributed by atoms with Crippen molar-refractivity contribution in [3.05, 3.63) is 18.0 Å². The quantitative estimate of drug-likeness (QED) is 0.747. The average molecular weight is 336 g/mol. The van der Waals surface area contributed by atoms with Crippen molar-refractivity contribution in [1.82, 2.24) is 20.0 Å². The van der Waals surface area contributed by atoms with Crippen LogP contribution in [0.1, 0.15) is 31.0 Å². The second kappa shape index (κ2) is 8.60. The number of carbonyl (C=O) groups excluding carboxylic acids is 1. The fraction of sp³-hybridized carbons (Fsp3) is 0.765. The molecule has 1 amide bonds. The molecule has 0 radical (unpaired) electrons. The number of hydrogen-bond donors (Lipinski definition) is 1. The summed E-state index contributed by atoms with van der Waals surface area (Å²) in [5, 5.41) is 7.34. The van der Waals surface area contributed by atoms with E-state index < -0.39 is 0 Å². The van der Waals surface area contributed by atoms with Gasteiger partial charge in [-0.1, -0.05) is 0 Å². The number of ether oxygens (including phenoxy) is 2. The van der Waals surface area contributed by atoms with E-state index in [9.17, 15) is 4.79 Å². The van der Waals surface area contributed by atoms with Gasteiger partial charge in [0.05, 0.1) is 24.8 Å². The molecule has 134 valence electrons. The monoisotopic (exact) mass is 336 g/mol. The van der Waals surface area contributed by atoms with Crippen molar-refractivity contribution >= 4 is 5.91 Å². The van der Waals surface area contributed by atoms with Gasteiger partial charge in [0.1, 0.15) is 0 Å². The summed E-state index contributed by atoms with van der Waals surface area (Å²) < 4.78 is 12.5. The molecule has 1 N–H and O–H groups in total. The maximum atomic E-state index is 12.2. The molecule has 1 atom stereocenters. The highest BCUT2D eigenvalue weighted by Crippen LogP contribution is 2.25. The molecule has 1 aromatic rings. The zero-order valence-electron chi connectivity index (χ0n) is 14.4. The number of methoxy groups -OCH3 is 1. The third-order valence-corrected chi connectivity index (χ3v) is 4.86. The summed E-state index contributed by atoms with van der Waals surface area (Å²) in [6, 6.07) is 2.16. The predicted molar refractivity (Wildman–Crippen MR) is 89.6 cm³/mol. The summed E-state index contributed by atoms with van der Waals surface area (Å²) in [6.07, 6.45) is 4.57. The molecule has 1 aromatic heterocycles. The van der Waals surface area contributed by atoms with Crippen molar-refractivity contribution in [2.24, 2.45) is 5.92 Å². The van der Waals surface area contributed by atoms with Crippen LogP contribution in [0.3, 0.4) is 0 Å². The Morgan fingerprint density at radius 2 is 2.29 bits per heavy atom. The van der Waals surface area contributed by atoms with Gasteiger partial charge in [0, 0.05) is 52.7 Å². The molecule has 2 aliphatic rings. The van der Waals surface area contributed by atoms with Crippen LogP contribution in [0.2, 0.25) is 0 Å². The number of rotatable bonds is 7. The molecule has 0 aromatic carbocycles. The highest BCUT2D eigenvalue weighted by molar-refractivity contribution is 5.76. The Morgan fingerprint density at radius 1 is 1.46 bits per heavy atom. The summed E-state index contributed by atoms with van der Waals surface area (Å²) >= 11 is 0. The van der Waals surface area contributed by atoms with Crippen LogP contribution >= 0.6 is 0 Å². The second-order valence-corrected chi connectivity index (χ2v) is 6.72. The summed E-state index contributed by atoms with van der Waals surface area (Å²) in [4.78, 5) is 14.6. The Hall–Kier alpha value is -1.44. The predicted octanol–water partition coefficient (Wildman–Crippen LogP) is 0.819. The van der Waals surface area contributed by atoms with E-state index in [4.69, 9.17) is 9.47 Å². The summed E-state index contributed by atoms with van der Waals surface area (Å²) in [5.74, 6) is 0.760. The lowest BCUT2D eigenvalue weighted by Gasteiger charge is -2.36. The molecule has 7 nitrogen and oxygen atoms in total. The number of fused-ring (bicyclic) bond motifs is 1. The van der Waals surface area contributed by atoms with Crippen molar-refractivity contribution < 1.29 is 14.3 Å². The minimum absolute atomic E-state index is 0.0615. The molecule has 3 rings (SSSR count). The molecule has 7 heteroatoms. The Labute approximate surface area is 143 Å². The first-order valence-electron chi connectivity index (χ1n) is 8.84. The van der Waals surface area contributed by atoms with Crippen LogP contribution < -0.4 is 5.32 Å². The molecular formula is C17H28N4O3. The summed E-state index contributed by atoms with van der Waals surface area (Å²) in [5.41, 5.74) is 1.20. The fourth-order valence-corrected chi connectivity index (χ4v) is 3.63. The van der Waals surface area contributed by atoms with E-state index in [0.29, 0.717) is 25.5 Å². The topological polar surface area (TPSA) is 68.6 Å². The van der Waals surface area contributed by atoms with Gasteiger partial charge in [-0.15, -0.1) is 0 Å². The molecule has 0 aliphatic carbocycles. The largest absolute Gasteiger partial charge is 0.383 e. The first-order valence-corrected chi connectivity index (χ1v) is 8.84. The van der Waals surface area contributed by atoms with Gasteiger partial charge in [-0.05, 0) is 24.8 Å². The SMILES string of the molecule is COCCNC(=O)C[C@@H]1CN(CC2CCOCC2)Cc2ccnn21. The van der Waals surface area contributed by atoms with Crippen LogP contribution in [0.25, 0.3) is 0 Å². The van der Waals surface area contributed by atoms with Crippen molar-refractivity contribution in [3.63, 3.8) is 0 Å². The van der Waals surface area contributed by atoms with Crippen LogP contribution in [-0.4, -0.2) is 67.2 Å². The highest BCUT2D eigenvalue weighted by Gasteiger charge is 2.29. The first-order chi connectivity index (χ1) is 11.8. The van der Waals surface area contributed by atoms with E-state index in [1.807, 2.05) is 10.9 Å². The normalized spacial score (nSPS) is 22.3. The molecule has 0 bridgehead atoms. The van der Waals surface area contributed by atoms with E-state index >= 15 is 0 Å². The van der Waals surface area contributed by atoms with Crippen molar-refractivity contribution in [2.45, 2.75) is 31.8 Å². The molecule has 1 saturated heterocycles. The maximum absolute atomic E-state index is 12.2. The van der Waals surface area contributed by atoms with Crippen LogP contribution in [-0.2, 0) is 20.8 Å². The average Bonchev–Trinajstić information content (AvgIpc) is 3.05. The number of amides is 1. The number of nitrogens with zero attached hydrogens (tertiary/aromatic N) is 3. The lowest BCUT2D eigenvalue weighted by molar-refractivity contribution is -0.122. The summed E-state index contributed by atoms with van der Waals surface area (Å²) in [7, 11) is 1.64. The standard InChI is InChI=1S/C17H28N4O3/c1-23-9-6-18-17(22)10-16-13-20(11-14-3-7-24-8-4-14)12-15-2-5-19-21(15)16/h2,5,14,16H,3-4,6-13H2,1H3,(H,18,22)/t16-/m1/s1. The molecule has 3 heterocycles. The van der Waals surface area contributed by atoms with Gasteiger partial charge in [-0.25, -0.2) is 0 Å². The number of aromatic nitrogens is 2. The second-order valence-electron chi connectivity index (χ2n) is 6.72. The Bertz CT molecular complexity index is 528. The van der Waals surface area contributed by atoms with Crippen molar-refractivity contribution in [1.29, 1.82) is 0 Å². The van der Waals surface area contributed by atoms with Crippen molar-refractivity contribution in [3.8, 4) is 0 Å². The minimum atomic E-state index is 0.0615. The zero-order valence-corrected chi connectivity index (χ0v) is 14.4. The summed E-state index contributed by atoms with van der Waals surface area (Å²) in [6.45, 7) is 5.72. The number of nitrogens with one attached hydrogen (secondary N) is 1. The van der Waals surface area contributed by atoms with Crippen molar-refractivity contribution in [2.75, 3.05) is 46.6 Å². The number of hydrogen-bond acceptors (Lipinski definition) is 5. The molecular weight excluding hydrogens is 308 g/mol. The van der Waals surface area contributed by atoms with E-state index in [1.54, 1.807) is 7.11 Å². The first kappa shape index (κ1) is 17.4. The third-order valence-electron chi connectivity index (χ3n) is 4.86. The lowest BCUT2D eigenvalue weighted by Crippen LogP contribution is -2.42. The van der Waals surface area contributed by atoms with Gasteiger partial charge in [0.15, 0.2) is 0 Å². The zero-order chi connectivity index (χ0) is 16.8. The van der Waals surface area contributed by atoms with Gasteiger partial charge in [0.25, 0.3) is 0 Å². The smallest absolute Gasteiger partial charge is 0.222 e. The van der Waals surface area contributed by atoms with Gasteiger partial charge in [-0.3, -0.25) is 14.4 Å². The third kappa shape index (κ3) is 4.55. The van der Waals surface area contributed by atoms with E-state index in [0.717, 1.165) is 45.7 Å². The molecule has 0 unspecified atom stereocenters. The molecule has 0 spiro atoms. The van der Waals surface area contributed by atoms with Gasteiger partial charge in [-0.2, -0.15) is 5.10 Å². The van der Waals surface area contributed by atoms with Gasteiger partial charge in [0.2, 0.25) is 5.91 Å². The molecule has 24 heavy (non-hydrogen) atoms. The fourth-order valence-electron chi connectivity index (χ4n) is 3.63. The number of carbonyl (C=O) groups is 1. The molecule has 1 fully saturated rings. The van der Waals surface area contributed by atoms with Gasteiger partial charge < -0.3 is 14.8 Å². The Morgan fingerprint density at radius 3 is 3.08 bits per heavy atom. The highest BCUT2D eigenvalue weighted by atomic mass is 16.5. The Kier molecular flexibility index (Phi) is 6.23. The lowest BCUT2D eigenvalue weighted by atomic mass is 9.98. The Balaban J connectivity index is 1.57.